The molecule has 0 spiro atoms. The van der Waals surface area contributed by atoms with Crippen molar-refractivity contribution in [2.45, 2.75) is 70.5 Å². The average molecular weight is 562 g/mol. The van der Waals surface area contributed by atoms with Crippen LogP contribution in [0.15, 0.2) is 48.1 Å². The van der Waals surface area contributed by atoms with Gasteiger partial charge in [0.2, 0.25) is 5.12 Å². The van der Waals surface area contributed by atoms with Crippen molar-refractivity contribution in [2.75, 3.05) is 17.6 Å². The van der Waals surface area contributed by atoms with Crippen molar-refractivity contribution >= 4 is 28.3 Å². The van der Waals surface area contributed by atoms with Crippen molar-refractivity contribution in [2.24, 2.45) is 28.1 Å². The van der Waals surface area contributed by atoms with Gasteiger partial charge in [0.15, 0.2) is 17.1 Å². The number of nitrogens with zero attached hydrogens (tertiary/aromatic N) is 1. The number of aliphatic hydroxyl groups excluding tert-OH is 1. The van der Waals surface area contributed by atoms with Crippen LogP contribution in [0.2, 0.25) is 0 Å². The Hall–Kier alpha value is -2.10. The second-order valence-electron chi connectivity index (χ2n) is 12.7. The van der Waals surface area contributed by atoms with Crippen LogP contribution in [0.1, 0.15) is 45.6 Å². The molecule has 0 amide bonds. The van der Waals surface area contributed by atoms with Crippen LogP contribution in [0.25, 0.3) is 0 Å². The van der Waals surface area contributed by atoms with E-state index in [9.17, 15) is 19.1 Å². The maximum Gasteiger partial charge on any atom is 0.226 e. The van der Waals surface area contributed by atoms with Crippen LogP contribution in [0.3, 0.4) is 0 Å². The summed E-state index contributed by atoms with van der Waals surface area (Å²) in [6.07, 6.45) is 0.655. The van der Waals surface area contributed by atoms with Crippen molar-refractivity contribution in [1.29, 1.82) is 0 Å². The van der Waals surface area contributed by atoms with Crippen molar-refractivity contribution < 1.29 is 32.7 Å². The third-order valence-electron chi connectivity index (χ3n) is 11.2. The lowest BCUT2D eigenvalue weighted by atomic mass is 9.40. The number of ketones is 1. The Morgan fingerprint density at radius 2 is 1.90 bits per heavy atom. The zero-order chi connectivity index (χ0) is 28.2. The second kappa shape index (κ2) is 8.46. The molecule has 5 aliphatic rings. The number of anilines is 1. The molecule has 1 aromatic carbocycles. The summed E-state index contributed by atoms with van der Waals surface area (Å²) in [6, 6.07) is 6.71. The summed E-state index contributed by atoms with van der Waals surface area (Å²) in [5.41, 5.74) is -5.57. The maximum atomic E-state index is 17.7. The minimum Gasteiger partial charge on any atom is -0.390 e. The summed E-state index contributed by atoms with van der Waals surface area (Å²) in [5, 5.41) is 12.9. The molecule has 9 atom stereocenters. The van der Waals surface area contributed by atoms with Gasteiger partial charge in [0.1, 0.15) is 12.2 Å². The minimum absolute atomic E-state index is 0.0544. The van der Waals surface area contributed by atoms with E-state index in [2.05, 4.69) is 0 Å². The van der Waals surface area contributed by atoms with Crippen LogP contribution in [-0.2, 0) is 14.4 Å². The van der Waals surface area contributed by atoms with Crippen LogP contribution in [-0.4, -0.2) is 52.1 Å². The zero-order valence-electron chi connectivity index (χ0n) is 22.5. The molecule has 3 saturated carbocycles. The number of thioether (sulfide) groups is 1. The van der Waals surface area contributed by atoms with Gasteiger partial charge >= 0.3 is 0 Å². The Morgan fingerprint density at radius 1 is 1.21 bits per heavy atom. The van der Waals surface area contributed by atoms with Crippen molar-refractivity contribution in [3.63, 3.8) is 0 Å². The second-order valence-corrected chi connectivity index (χ2v) is 13.6. The number of fused-ring (bicyclic) bond motifs is 7. The van der Waals surface area contributed by atoms with Gasteiger partial charge in [-0.25, -0.2) is 13.2 Å². The highest BCUT2D eigenvalue weighted by atomic mass is 32.2. The molecule has 39 heavy (non-hydrogen) atoms. The van der Waals surface area contributed by atoms with Gasteiger partial charge in [0.05, 0.1) is 18.3 Å². The number of hydroxylamine groups is 1. The fourth-order valence-corrected chi connectivity index (χ4v) is 9.81. The highest BCUT2D eigenvalue weighted by Crippen LogP contribution is 2.78. The molecule has 1 saturated heterocycles. The van der Waals surface area contributed by atoms with Gasteiger partial charge in [-0.05, 0) is 68.4 Å². The average Bonchev–Trinajstić information content (AvgIpc) is 3.34. The normalized spacial score (nSPS) is 46.3. The molecule has 1 aromatic rings. The van der Waals surface area contributed by atoms with Gasteiger partial charge in [-0.1, -0.05) is 49.4 Å². The molecular formula is C30H34F3NO4S. The number of carbonyl (C=O) groups excluding carboxylic acids is 2. The molecule has 4 aliphatic carbocycles. The van der Waals surface area contributed by atoms with Gasteiger partial charge in [0, 0.05) is 22.7 Å². The van der Waals surface area contributed by atoms with Crippen LogP contribution in [0.4, 0.5) is 18.9 Å². The van der Waals surface area contributed by atoms with Gasteiger partial charge < -0.3 is 5.11 Å². The van der Waals surface area contributed by atoms with Crippen LogP contribution < -0.4 is 5.06 Å². The summed E-state index contributed by atoms with van der Waals surface area (Å²) < 4.78 is 47.2. The zero-order valence-corrected chi connectivity index (χ0v) is 23.4. The molecule has 0 radical (unpaired) electrons. The van der Waals surface area contributed by atoms with E-state index in [1.165, 1.54) is 18.2 Å². The van der Waals surface area contributed by atoms with E-state index in [0.29, 0.717) is 24.7 Å². The van der Waals surface area contributed by atoms with Crippen LogP contribution in [0.5, 0.6) is 0 Å². The molecule has 0 unspecified atom stereocenters. The number of benzene rings is 1. The number of carbonyl (C=O) groups is 2. The van der Waals surface area contributed by atoms with E-state index in [0.717, 1.165) is 11.3 Å². The lowest BCUT2D eigenvalue weighted by molar-refractivity contribution is -0.254. The first-order valence-electron chi connectivity index (χ1n) is 13.5. The highest BCUT2D eigenvalue weighted by Gasteiger charge is 2.83. The molecular weight excluding hydrogens is 527 g/mol. The van der Waals surface area contributed by atoms with E-state index in [1.54, 1.807) is 12.0 Å². The first-order valence-corrected chi connectivity index (χ1v) is 14.5. The molecule has 4 fully saturated rings. The monoisotopic (exact) mass is 561 g/mol. The van der Waals surface area contributed by atoms with Crippen molar-refractivity contribution in [3.8, 4) is 0 Å². The summed E-state index contributed by atoms with van der Waals surface area (Å²) in [4.78, 5) is 32.6. The number of rotatable bonds is 3. The SMILES string of the molecule is Cc1ccc(N2C[C@@H]3C[C@@]4(C)[C@@H]5C[C@H](F)C6=CC(=O)C=C[C@]6(C)[C@@]5(F)[C@@H](O)C[C@]4(C)[C@]3(C(=O)SCF)O2)cc1. The molecule has 210 valence electrons. The fraction of sp³-hybridized carbons (Fsp3) is 0.600. The maximum absolute atomic E-state index is 17.7. The molecule has 6 rings (SSSR count). The molecule has 0 aromatic heterocycles. The van der Waals surface area contributed by atoms with E-state index in [4.69, 9.17) is 4.84 Å². The number of aryl methyl sites for hydroxylation is 1. The Bertz CT molecular complexity index is 1300. The largest absolute Gasteiger partial charge is 0.390 e. The molecule has 0 bridgehead atoms. The van der Waals surface area contributed by atoms with Crippen LogP contribution >= 0.6 is 11.8 Å². The Kier molecular flexibility index (Phi) is 5.88. The van der Waals surface area contributed by atoms with E-state index in [1.807, 2.05) is 45.0 Å². The first kappa shape index (κ1) is 27.1. The Morgan fingerprint density at radius 3 is 2.56 bits per heavy atom. The predicted octanol–water partition coefficient (Wildman–Crippen LogP) is 5.61. The van der Waals surface area contributed by atoms with Crippen molar-refractivity contribution in [1.82, 2.24) is 0 Å². The minimum atomic E-state index is -2.28. The number of hydrogen-bond acceptors (Lipinski definition) is 6. The summed E-state index contributed by atoms with van der Waals surface area (Å²) in [6.45, 7) is 7.55. The Balaban J connectivity index is 1.49. The molecule has 9 heteroatoms. The number of aliphatic hydroxyl groups is 1. The molecule has 1 N–H and O–H groups in total. The van der Waals surface area contributed by atoms with E-state index < -0.39 is 68.5 Å². The molecule has 1 aliphatic heterocycles. The van der Waals surface area contributed by atoms with Gasteiger partial charge in [-0.3, -0.25) is 19.5 Å². The lowest BCUT2D eigenvalue weighted by Crippen LogP contribution is -2.73. The van der Waals surface area contributed by atoms with Crippen molar-refractivity contribution in [3.05, 3.63) is 53.6 Å². The molecule has 5 nitrogen and oxygen atoms in total. The Labute approximate surface area is 230 Å². The topological polar surface area (TPSA) is 66.8 Å². The quantitative estimate of drug-likeness (QED) is 0.518. The first-order chi connectivity index (χ1) is 18.3. The highest BCUT2D eigenvalue weighted by molar-refractivity contribution is 8.13. The predicted molar refractivity (Wildman–Crippen MR) is 143 cm³/mol. The summed E-state index contributed by atoms with van der Waals surface area (Å²) in [5.74, 6) is -1.81. The number of allylic oxidation sites excluding steroid dienone is 4. The number of alkyl halides is 3. The smallest absolute Gasteiger partial charge is 0.226 e. The van der Waals surface area contributed by atoms with E-state index >= 15 is 8.78 Å². The third kappa shape index (κ3) is 3.13. The summed E-state index contributed by atoms with van der Waals surface area (Å²) in [7, 11) is 0. The number of halogens is 3. The standard InChI is InChI=1S/C30H34F3NO4S/c1-17-5-7-19(8-6-17)34-15-18-13-27(3)23-12-22(32)21-11-20(35)9-10-26(21,2)29(23,33)24(36)14-28(27,4)30(18,38-34)25(37)39-16-31/h5-11,18,22-24,36H,12-16H2,1-4H3/t18-,22-,23-,24-,26-,27-,28-,29-,30-/m0/s1. The molecule has 1 heterocycles. The third-order valence-corrected chi connectivity index (χ3v) is 11.9. The van der Waals surface area contributed by atoms with E-state index in [-0.39, 0.29) is 18.4 Å². The van der Waals surface area contributed by atoms with Gasteiger partial charge in [-0.15, -0.1) is 0 Å². The lowest BCUT2D eigenvalue weighted by Gasteiger charge is -2.67. The van der Waals surface area contributed by atoms with Crippen LogP contribution in [0, 0.1) is 35.0 Å². The van der Waals surface area contributed by atoms with Gasteiger partial charge in [-0.2, -0.15) is 0 Å². The fourth-order valence-electron chi connectivity index (χ4n) is 9.07. The van der Waals surface area contributed by atoms with Gasteiger partial charge in [0.25, 0.3) is 0 Å². The summed E-state index contributed by atoms with van der Waals surface area (Å²) >= 11 is 0.532. The number of hydrogen-bond donors (Lipinski definition) is 1.